The topological polar surface area (TPSA) is 123 Å². The van der Waals surface area contributed by atoms with Crippen molar-refractivity contribution in [2.75, 3.05) is 20.3 Å². The van der Waals surface area contributed by atoms with E-state index in [9.17, 15) is 19.7 Å². The summed E-state index contributed by atoms with van der Waals surface area (Å²) in [7, 11) is 1.35. The standard InChI is InChI=1S/C20H20N2O8/c1-3-28-18-11-13(15(22(25)26)12-17(18)27-2)19(23)29-10-6-9-21-14-7-4-5-8-16(14)30-20(21)24/h4-5,7-8,11-12H,3,6,9-10H2,1-2H3. The molecule has 30 heavy (non-hydrogen) atoms. The van der Waals surface area contributed by atoms with E-state index in [0.29, 0.717) is 17.5 Å². The summed E-state index contributed by atoms with van der Waals surface area (Å²) in [5.74, 6) is -1.02. The Balaban J connectivity index is 1.71. The Kier molecular flexibility index (Phi) is 6.35. The van der Waals surface area contributed by atoms with Crippen molar-refractivity contribution in [3.05, 3.63) is 62.6 Å². The molecule has 10 nitrogen and oxygen atoms in total. The lowest BCUT2D eigenvalue weighted by Crippen LogP contribution is -2.16. The quantitative estimate of drug-likeness (QED) is 0.226. The van der Waals surface area contributed by atoms with Gasteiger partial charge in [0.2, 0.25) is 0 Å². The molecule has 0 radical (unpaired) electrons. The number of nitro benzene ring substituents is 1. The van der Waals surface area contributed by atoms with Crippen LogP contribution in [0.25, 0.3) is 11.1 Å². The van der Waals surface area contributed by atoms with Gasteiger partial charge < -0.3 is 18.6 Å². The number of para-hydroxylation sites is 2. The number of nitro groups is 1. The third kappa shape index (κ3) is 4.27. The average molecular weight is 416 g/mol. The molecule has 0 fully saturated rings. The van der Waals surface area contributed by atoms with Gasteiger partial charge in [0.1, 0.15) is 5.56 Å². The van der Waals surface area contributed by atoms with Crippen LogP contribution in [0.1, 0.15) is 23.7 Å². The van der Waals surface area contributed by atoms with Crippen LogP contribution in [0.2, 0.25) is 0 Å². The van der Waals surface area contributed by atoms with Gasteiger partial charge in [-0.2, -0.15) is 0 Å². The number of aryl methyl sites for hydroxylation is 1. The second kappa shape index (κ2) is 9.12. The summed E-state index contributed by atoms with van der Waals surface area (Å²) in [6.07, 6.45) is 0.317. The number of hydrogen-bond acceptors (Lipinski definition) is 8. The molecule has 3 aromatic rings. The number of rotatable bonds is 9. The molecule has 1 aromatic heterocycles. The van der Waals surface area contributed by atoms with Gasteiger partial charge in [0, 0.05) is 12.6 Å². The van der Waals surface area contributed by atoms with Crippen LogP contribution in [0.3, 0.4) is 0 Å². The lowest BCUT2D eigenvalue weighted by molar-refractivity contribution is -0.385. The molecule has 0 amide bonds. The van der Waals surface area contributed by atoms with Crippen molar-refractivity contribution >= 4 is 22.8 Å². The van der Waals surface area contributed by atoms with Gasteiger partial charge in [0.05, 0.1) is 36.8 Å². The van der Waals surface area contributed by atoms with E-state index in [1.807, 2.05) is 0 Å². The van der Waals surface area contributed by atoms with E-state index in [1.54, 1.807) is 31.2 Å². The summed E-state index contributed by atoms with van der Waals surface area (Å²) in [6, 6.07) is 9.34. The van der Waals surface area contributed by atoms with Crippen molar-refractivity contribution in [2.45, 2.75) is 19.9 Å². The number of nitrogens with zero attached hydrogens (tertiary/aromatic N) is 2. The number of benzene rings is 2. The molecule has 0 bridgehead atoms. The number of carbonyl (C=O) groups is 1. The Labute approximate surface area is 170 Å². The average Bonchev–Trinajstić information content (AvgIpc) is 3.05. The molecule has 0 aliphatic rings. The van der Waals surface area contributed by atoms with Crippen LogP contribution in [0.15, 0.2) is 45.6 Å². The van der Waals surface area contributed by atoms with E-state index in [0.717, 1.165) is 6.07 Å². The minimum Gasteiger partial charge on any atom is -0.493 e. The third-order valence-corrected chi connectivity index (χ3v) is 4.33. The Morgan fingerprint density at radius 3 is 2.70 bits per heavy atom. The molecule has 1 heterocycles. The first-order valence-corrected chi connectivity index (χ1v) is 9.21. The van der Waals surface area contributed by atoms with Crippen molar-refractivity contribution in [3.63, 3.8) is 0 Å². The molecule has 0 saturated carbocycles. The monoisotopic (exact) mass is 416 g/mol. The fourth-order valence-electron chi connectivity index (χ4n) is 2.98. The minimum atomic E-state index is -0.866. The SMILES string of the molecule is CCOc1cc(C(=O)OCCCn2c(=O)oc3ccccc32)c([N+](=O)[O-])cc1OC. The van der Waals surface area contributed by atoms with Gasteiger partial charge in [-0.3, -0.25) is 14.7 Å². The molecule has 10 heteroatoms. The highest BCUT2D eigenvalue weighted by Crippen LogP contribution is 2.35. The summed E-state index contributed by atoms with van der Waals surface area (Å²) in [5.41, 5.74) is 0.422. The number of aromatic nitrogens is 1. The number of carbonyl (C=O) groups excluding carboxylic acids is 1. The molecule has 3 rings (SSSR count). The molecule has 2 aromatic carbocycles. The lowest BCUT2D eigenvalue weighted by Gasteiger charge is -2.11. The van der Waals surface area contributed by atoms with Gasteiger partial charge in [-0.1, -0.05) is 12.1 Å². The van der Waals surface area contributed by atoms with Crippen LogP contribution in [-0.4, -0.2) is 35.8 Å². The zero-order chi connectivity index (χ0) is 21.7. The van der Waals surface area contributed by atoms with Gasteiger partial charge in [0.25, 0.3) is 5.69 Å². The van der Waals surface area contributed by atoms with Gasteiger partial charge in [-0.05, 0) is 25.5 Å². The molecule has 0 unspecified atom stereocenters. The molecule has 0 N–H and O–H groups in total. The predicted molar refractivity (Wildman–Crippen MR) is 106 cm³/mol. The van der Waals surface area contributed by atoms with Crippen molar-refractivity contribution in [3.8, 4) is 11.5 Å². The van der Waals surface area contributed by atoms with E-state index in [-0.39, 0.29) is 36.8 Å². The van der Waals surface area contributed by atoms with Crippen LogP contribution >= 0.6 is 0 Å². The number of fused-ring (bicyclic) bond motifs is 1. The van der Waals surface area contributed by atoms with E-state index in [2.05, 4.69) is 0 Å². The van der Waals surface area contributed by atoms with Crippen LogP contribution in [0, 0.1) is 10.1 Å². The Bertz CT molecular complexity index is 1130. The van der Waals surface area contributed by atoms with Crippen LogP contribution in [0.5, 0.6) is 11.5 Å². The smallest absolute Gasteiger partial charge is 0.419 e. The van der Waals surface area contributed by atoms with Crippen LogP contribution in [-0.2, 0) is 11.3 Å². The Morgan fingerprint density at radius 2 is 2.00 bits per heavy atom. The maximum atomic E-state index is 12.5. The molecular formula is C20H20N2O8. The molecule has 0 spiro atoms. The maximum absolute atomic E-state index is 12.5. The first-order valence-electron chi connectivity index (χ1n) is 9.21. The van der Waals surface area contributed by atoms with E-state index in [1.165, 1.54) is 17.7 Å². The van der Waals surface area contributed by atoms with Gasteiger partial charge in [0.15, 0.2) is 17.1 Å². The molecule has 158 valence electrons. The molecule has 0 aliphatic carbocycles. The number of hydrogen-bond donors (Lipinski definition) is 0. The van der Waals surface area contributed by atoms with Crippen molar-refractivity contribution < 1.29 is 28.3 Å². The molecule has 0 atom stereocenters. The highest BCUT2D eigenvalue weighted by Gasteiger charge is 2.25. The van der Waals surface area contributed by atoms with Crippen molar-refractivity contribution in [2.24, 2.45) is 0 Å². The fraction of sp³-hybridized carbons (Fsp3) is 0.300. The predicted octanol–water partition coefficient (Wildman–Crippen LogP) is 3.16. The second-order valence-electron chi connectivity index (χ2n) is 6.19. The van der Waals surface area contributed by atoms with Gasteiger partial charge >= 0.3 is 11.7 Å². The van der Waals surface area contributed by atoms with E-state index < -0.39 is 22.3 Å². The molecule has 0 aliphatic heterocycles. The zero-order valence-corrected chi connectivity index (χ0v) is 16.5. The molecular weight excluding hydrogens is 396 g/mol. The summed E-state index contributed by atoms with van der Waals surface area (Å²) in [5, 5.41) is 11.4. The highest BCUT2D eigenvalue weighted by atomic mass is 16.6. The minimum absolute atomic E-state index is 0.0437. The largest absolute Gasteiger partial charge is 0.493 e. The maximum Gasteiger partial charge on any atom is 0.419 e. The van der Waals surface area contributed by atoms with Gasteiger partial charge in [-0.15, -0.1) is 0 Å². The third-order valence-electron chi connectivity index (χ3n) is 4.33. The fourth-order valence-corrected chi connectivity index (χ4v) is 2.98. The summed E-state index contributed by atoms with van der Waals surface area (Å²) >= 11 is 0. The summed E-state index contributed by atoms with van der Waals surface area (Å²) in [6.45, 7) is 2.24. The lowest BCUT2D eigenvalue weighted by atomic mass is 10.1. The first kappa shape index (κ1) is 20.9. The highest BCUT2D eigenvalue weighted by molar-refractivity contribution is 5.95. The van der Waals surface area contributed by atoms with E-state index in [4.69, 9.17) is 18.6 Å². The number of esters is 1. The normalized spacial score (nSPS) is 10.7. The molecule has 0 saturated heterocycles. The summed E-state index contributed by atoms with van der Waals surface area (Å²) in [4.78, 5) is 35.1. The Hall–Kier alpha value is -3.82. The van der Waals surface area contributed by atoms with E-state index >= 15 is 0 Å². The Morgan fingerprint density at radius 1 is 1.23 bits per heavy atom. The number of ether oxygens (including phenoxy) is 3. The van der Waals surface area contributed by atoms with Gasteiger partial charge in [-0.25, -0.2) is 9.59 Å². The van der Waals surface area contributed by atoms with Crippen LogP contribution < -0.4 is 15.2 Å². The van der Waals surface area contributed by atoms with Crippen molar-refractivity contribution in [1.82, 2.24) is 4.57 Å². The second-order valence-corrected chi connectivity index (χ2v) is 6.19. The number of oxazole rings is 1. The van der Waals surface area contributed by atoms with Crippen LogP contribution in [0.4, 0.5) is 5.69 Å². The summed E-state index contributed by atoms with van der Waals surface area (Å²) < 4.78 is 22.2. The first-order chi connectivity index (χ1) is 14.5. The zero-order valence-electron chi connectivity index (χ0n) is 16.5. The van der Waals surface area contributed by atoms with Crippen molar-refractivity contribution in [1.29, 1.82) is 0 Å². The number of methoxy groups -OCH3 is 1.